The number of aromatic carboxylic acids is 1. The van der Waals surface area contributed by atoms with Gasteiger partial charge in [-0.2, -0.15) is 0 Å². The van der Waals surface area contributed by atoms with Crippen molar-refractivity contribution in [3.05, 3.63) is 29.6 Å². The van der Waals surface area contributed by atoms with E-state index in [9.17, 15) is 17.6 Å². The molecular weight excluding hydrogens is 301 g/mol. The number of rotatable bonds is 6. The maximum Gasteiger partial charge on any atom is 0.335 e. The summed E-state index contributed by atoms with van der Waals surface area (Å²) >= 11 is 0. The van der Waals surface area contributed by atoms with Crippen molar-refractivity contribution in [1.82, 2.24) is 4.72 Å². The number of carbonyl (C=O) groups is 1. The molecule has 1 heterocycles. The summed E-state index contributed by atoms with van der Waals surface area (Å²) in [7, 11) is -4.07. The van der Waals surface area contributed by atoms with Crippen LogP contribution >= 0.6 is 0 Å². The Bertz CT molecular complexity index is 625. The lowest BCUT2D eigenvalue weighted by atomic mass is 10.1. The standard InChI is InChI=1S/C13H16FNO5S/c14-11-2-1-10(13(16)17)7-12(11)21(18,19)15-5-3-9-4-6-20-8-9/h1-2,7,9,15H,3-6,8H2,(H,16,17). The van der Waals surface area contributed by atoms with E-state index >= 15 is 0 Å². The van der Waals surface area contributed by atoms with E-state index in [0.717, 1.165) is 24.6 Å². The Kier molecular flexibility index (Phi) is 4.92. The van der Waals surface area contributed by atoms with Crippen molar-refractivity contribution in [3.8, 4) is 0 Å². The van der Waals surface area contributed by atoms with Gasteiger partial charge in [0.15, 0.2) is 0 Å². The molecule has 1 aromatic rings. The molecule has 0 spiro atoms. The van der Waals surface area contributed by atoms with Crippen LogP contribution in [0.25, 0.3) is 0 Å². The van der Waals surface area contributed by atoms with E-state index in [-0.39, 0.29) is 12.1 Å². The molecule has 0 amide bonds. The highest BCUT2D eigenvalue weighted by molar-refractivity contribution is 7.89. The third-order valence-electron chi connectivity index (χ3n) is 3.34. The minimum absolute atomic E-state index is 0.160. The average molecular weight is 317 g/mol. The zero-order chi connectivity index (χ0) is 15.5. The molecule has 0 radical (unpaired) electrons. The topological polar surface area (TPSA) is 92.7 Å². The lowest BCUT2D eigenvalue weighted by molar-refractivity contribution is 0.0696. The highest BCUT2D eigenvalue weighted by Crippen LogP contribution is 2.18. The SMILES string of the molecule is O=C(O)c1ccc(F)c(S(=O)(=O)NCCC2CCOC2)c1. The first kappa shape index (κ1) is 15.9. The van der Waals surface area contributed by atoms with Gasteiger partial charge in [-0.25, -0.2) is 22.3 Å². The highest BCUT2D eigenvalue weighted by Gasteiger charge is 2.22. The van der Waals surface area contributed by atoms with Gasteiger partial charge in [0.2, 0.25) is 10.0 Å². The first-order chi connectivity index (χ1) is 9.90. The van der Waals surface area contributed by atoms with Gasteiger partial charge in [0.25, 0.3) is 0 Å². The summed E-state index contributed by atoms with van der Waals surface area (Å²) in [4.78, 5) is 10.2. The molecule has 2 rings (SSSR count). The van der Waals surface area contributed by atoms with Gasteiger partial charge >= 0.3 is 5.97 Å². The van der Waals surface area contributed by atoms with Crippen molar-refractivity contribution in [1.29, 1.82) is 0 Å². The molecule has 1 unspecified atom stereocenters. The summed E-state index contributed by atoms with van der Waals surface area (Å²) in [6.07, 6.45) is 1.48. The Labute approximate surface area is 122 Å². The van der Waals surface area contributed by atoms with Gasteiger partial charge in [0.05, 0.1) is 5.56 Å². The van der Waals surface area contributed by atoms with E-state index in [0.29, 0.717) is 25.6 Å². The number of benzene rings is 1. The summed E-state index contributed by atoms with van der Waals surface area (Å²) in [5.41, 5.74) is -0.277. The van der Waals surface area contributed by atoms with Crippen molar-refractivity contribution >= 4 is 16.0 Å². The van der Waals surface area contributed by atoms with E-state index in [1.165, 1.54) is 0 Å². The van der Waals surface area contributed by atoms with Crippen LogP contribution in [-0.4, -0.2) is 39.3 Å². The van der Waals surface area contributed by atoms with Crippen LogP contribution in [0.2, 0.25) is 0 Å². The van der Waals surface area contributed by atoms with Gasteiger partial charge in [-0.15, -0.1) is 0 Å². The van der Waals surface area contributed by atoms with Crippen LogP contribution in [0.4, 0.5) is 4.39 Å². The molecule has 1 aliphatic rings. The quantitative estimate of drug-likeness (QED) is 0.823. The van der Waals surface area contributed by atoms with Gasteiger partial charge in [0, 0.05) is 19.8 Å². The summed E-state index contributed by atoms with van der Waals surface area (Å²) in [6.45, 7) is 1.43. The predicted octanol–water partition coefficient (Wildman–Crippen LogP) is 1.23. The Morgan fingerprint density at radius 1 is 1.48 bits per heavy atom. The molecule has 0 aliphatic carbocycles. The zero-order valence-corrected chi connectivity index (χ0v) is 12.0. The van der Waals surface area contributed by atoms with Gasteiger partial charge in [-0.05, 0) is 37.0 Å². The first-order valence-electron chi connectivity index (χ1n) is 6.50. The van der Waals surface area contributed by atoms with Crippen LogP contribution in [0.3, 0.4) is 0 Å². The normalized spacial score (nSPS) is 18.8. The highest BCUT2D eigenvalue weighted by atomic mass is 32.2. The number of carboxylic acids is 1. The van der Waals surface area contributed by atoms with Crippen LogP contribution in [-0.2, 0) is 14.8 Å². The molecule has 116 valence electrons. The molecule has 2 N–H and O–H groups in total. The lowest BCUT2D eigenvalue weighted by Crippen LogP contribution is -2.27. The summed E-state index contributed by atoms with van der Waals surface area (Å²) in [5.74, 6) is -1.99. The number of halogens is 1. The first-order valence-corrected chi connectivity index (χ1v) is 7.99. The Balaban J connectivity index is 2.07. The van der Waals surface area contributed by atoms with Gasteiger partial charge in [-0.3, -0.25) is 0 Å². The number of ether oxygens (including phenoxy) is 1. The fraction of sp³-hybridized carbons (Fsp3) is 0.462. The maximum atomic E-state index is 13.6. The fourth-order valence-corrected chi connectivity index (χ4v) is 3.28. The Morgan fingerprint density at radius 3 is 2.86 bits per heavy atom. The number of carboxylic acid groups (broad SMARTS) is 1. The van der Waals surface area contributed by atoms with Crippen molar-refractivity contribution in [2.75, 3.05) is 19.8 Å². The maximum absolute atomic E-state index is 13.6. The molecule has 1 atom stereocenters. The third-order valence-corrected chi connectivity index (χ3v) is 4.81. The number of hydrogen-bond acceptors (Lipinski definition) is 4. The van der Waals surface area contributed by atoms with E-state index in [1.807, 2.05) is 0 Å². The van der Waals surface area contributed by atoms with Crippen LogP contribution in [0, 0.1) is 11.7 Å². The molecule has 1 aliphatic heterocycles. The zero-order valence-electron chi connectivity index (χ0n) is 11.2. The molecule has 0 aromatic heterocycles. The molecule has 6 nitrogen and oxygen atoms in total. The van der Waals surface area contributed by atoms with Crippen molar-refractivity contribution in [2.45, 2.75) is 17.7 Å². The predicted molar refractivity (Wildman–Crippen MR) is 72.1 cm³/mol. The van der Waals surface area contributed by atoms with Crippen LogP contribution in [0.5, 0.6) is 0 Å². The van der Waals surface area contributed by atoms with Crippen LogP contribution in [0.15, 0.2) is 23.1 Å². The Hall–Kier alpha value is -1.51. The molecule has 0 saturated carbocycles. The van der Waals surface area contributed by atoms with E-state index in [1.54, 1.807) is 0 Å². The molecular formula is C13H16FNO5S. The third kappa shape index (κ3) is 3.99. The van der Waals surface area contributed by atoms with Crippen LogP contribution < -0.4 is 4.72 Å². The molecule has 21 heavy (non-hydrogen) atoms. The number of sulfonamides is 1. The molecule has 8 heteroatoms. The second-order valence-corrected chi connectivity index (χ2v) is 6.60. The summed E-state index contributed by atoms with van der Waals surface area (Å²) in [5, 5.41) is 8.83. The summed E-state index contributed by atoms with van der Waals surface area (Å²) in [6, 6.07) is 2.67. The number of nitrogens with one attached hydrogen (secondary N) is 1. The van der Waals surface area contributed by atoms with Crippen molar-refractivity contribution in [2.24, 2.45) is 5.92 Å². The van der Waals surface area contributed by atoms with Crippen molar-refractivity contribution in [3.63, 3.8) is 0 Å². The Morgan fingerprint density at radius 2 is 2.24 bits per heavy atom. The second kappa shape index (κ2) is 6.50. The second-order valence-electron chi connectivity index (χ2n) is 4.87. The molecule has 0 bridgehead atoms. The molecule has 1 saturated heterocycles. The van der Waals surface area contributed by atoms with E-state index in [2.05, 4.69) is 4.72 Å². The largest absolute Gasteiger partial charge is 0.478 e. The number of hydrogen-bond donors (Lipinski definition) is 2. The fourth-order valence-electron chi connectivity index (χ4n) is 2.13. The minimum Gasteiger partial charge on any atom is -0.478 e. The van der Waals surface area contributed by atoms with Crippen molar-refractivity contribution < 1.29 is 27.4 Å². The molecule has 1 aromatic carbocycles. The smallest absolute Gasteiger partial charge is 0.335 e. The summed E-state index contributed by atoms with van der Waals surface area (Å²) < 4.78 is 45.2. The van der Waals surface area contributed by atoms with Gasteiger partial charge in [-0.1, -0.05) is 0 Å². The van der Waals surface area contributed by atoms with Crippen LogP contribution in [0.1, 0.15) is 23.2 Å². The minimum atomic E-state index is -4.07. The van der Waals surface area contributed by atoms with Gasteiger partial charge in [0.1, 0.15) is 10.7 Å². The molecule has 1 fully saturated rings. The average Bonchev–Trinajstić information content (AvgIpc) is 2.91. The lowest BCUT2D eigenvalue weighted by Gasteiger charge is -2.10. The van der Waals surface area contributed by atoms with E-state index < -0.39 is 26.7 Å². The monoisotopic (exact) mass is 317 g/mol. The van der Waals surface area contributed by atoms with Gasteiger partial charge < -0.3 is 9.84 Å². The van der Waals surface area contributed by atoms with E-state index in [4.69, 9.17) is 9.84 Å².